The lowest BCUT2D eigenvalue weighted by molar-refractivity contribution is -0.929. The van der Waals surface area contributed by atoms with Crippen molar-refractivity contribution in [2.24, 2.45) is 0 Å². The van der Waals surface area contributed by atoms with Gasteiger partial charge in [0.2, 0.25) is 4.77 Å². The Hall–Kier alpha value is -1.83. The number of likely N-dealkylation sites (tertiary alicyclic amines) is 1. The SMILES string of the molecule is C=CCn1c(-c2ccc(F)cc2)nn(C[NH+]2CCC(O)CC2)c1=S. The molecule has 1 aliphatic heterocycles. The van der Waals surface area contributed by atoms with Crippen molar-refractivity contribution >= 4 is 12.2 Å². The fourth-order valence-corrected chi connectivity index (χ4v) is 3.30. The van der Waals surface area contributed by atoms with Gasteiger partial charge in [-0.25, -0.2) is 4.39 Å². The topological polar surface area (TPSA) is 47.4 Å². The van der Waals surface area contributed by atoms with Crippen LogP contribution in [0, 0.1) is 10.6 Å². The van der Waals surface area contributed by atoms with Crippen molar-refractivity contribution in [3.05, 3.63) is 47.5 Å². The number of halogens is 1. The summed E-state index contributed by atoms with van der Waals surface area (Å²) in [6.45, 7) is 6.82. The van der Waals surface area contributed by atoms with Crippen LogP contribution in [-0.4, -0.2) is 38.6 Å². The number of quaternary nitrogens is 1. The second-order valence-corrected chi connectivity index (χ2v) is 6.52. The molecule has 0 atom stereocenters. The minimum atomic E-state index is -0.275. The van der Waals surface area contributed by atoms with Gasteiger partial charge in [-0.1, -0.05) is 6.08 Å². The van der Waals surface area contributed by atoms with E-state index in [4.69, 9.17) is 12.2 Å². The van der Waals surface area contributed by atoms with Crippen molar-refractivity contribution in [2.75, 3.05) is 13.1 Å². The Balaban J connectivity index is 1.90. The Labute approximate surface area is 145 Å². The van der Waals surface area contributed by atoms with Gasteiger partial charge >= 0.3 is 0 Å². The molecule has 24 heavy (non-hydrogen) atoms. The molecule has 5 nitrogen and oxygen atoms in total. The van der Waals surface area contributed by atoms with E-state index in [2.05, 4.69) is 11.7 Å². The molecule has 2 N–H and O–H groups in total. The molecule has 7 heteroatoms. The number of hydrogen-bond donors (Lipinski definition) is 2. The lowest BCUT2D eigenvalue weighted by Gasteiger charge is -2.26. The van der Waals surface area contributed by atoms with Crippen LogP contribution >= 0.6 is 12.2 Å². The highest BCUT2D eigenvalue weighted by atomic mass is 32.1. The molecule has 0 aliphatic carbocycles. The van der Waals surface area contributed by atoms with Crippen molar-refractivity contribution in [2.45, 2.75) is 32.2 Å². The molecule has 128 valence electrons. The molecule has 0 saturated carbocycles. The molecule has 1 saturated heterocycles. The van der Waals surface area contributed by atoms with Gasteiger partial charge in [-0.3, -0.25) is 4.57 Å². The van der Waals surface area contributed by atoms with Gasteiger partial charge in [0.25, 0.3) is 0 Å². The number of allylic oxidation sites excluding steroid dienone is 1. The maximum absolute atomic E-state index is 13.2. The zero-order valence-electron chi connectivity index (χ0n) is 13.5. The van der Waals surface area contributed by atoms with Gasteiger partial charge < -0.3 is 10.0 Å². The molecule has 1 fully saturated rings. The number of benzene rings is 1. The van der Waals surface area contributed by atoms with Crippen molar-refractivity contribution < 1.29 is 14.4 Å². The quantitative estimate of drug-likeness (QED) is 0.634. The molecule has 0 amide bonds. The van der Waals surface area contributed by atoms with E-state index in [0.717, 1.165) is 37.3 Å². The Kier molecular flexibility index (Phi) is 5.23. The van der Waals surface area contributed by atoms with Crippen LogP contribution in [0.2, 0.25) is 0 Å². The molecule has 0 spiro atoms. The highest BCUT2D eigenvalue weighted by Crippen LogP contribution is 2.19. The minimum Gasteiger partial charge on any atom is -0.393 e. The second-order valence-electron chi connectivity index (χ2n) is 6.15. The fraction of sp³-hybridized carbons (Fsp3) is 0.412. The van der Waals surface area contributed by atoms with Gasteiger partial charge in [0.1, 0.15) is 5.82 Å². The highest BCUT2D eigenvalue weighted by molar-refractivity contribution is 7.71. The lowest BCUT2D eigenvalue weighted by atomic mass is 10.1. The van der Waals surface area contributed by atoms with Crippen LogP contribution in [0.5, 0.6) is 0 Å². The fourth-order valence-electron chi connectivity index (χ4n) is 3.03. The second kappa shape index (κ2) is 7.38. The predicted octanol–water partition coefficient (Wildman–Crippen LogP) is 1.40. The van der Waals surface area contributed by atoms with Crippen LogP contribution in [0.3, 0.4) is 0 Å². The third kappa shape index (κ3) is 3.63. The van der Waals surface area contributed by atoms with Crippen LogP contribution in [0.4, 0.5) is 4.39 Å². The molecule has 2 heterocycles. The zero-order valence-corrected chi connectivity index (χ0v) is 14.3. The van der Waals surface area contributed by atoms with E-state index in [1.165, 1.54) is 17.0 Å². The number of hydrogen-bond acceptors (Lipinski definition) is 3. The Morgan fingerprint density at radius 1 is 1.33 bits per heavy atom. The predicted molar refractivity (Wildman–Crippen MR) is 92.6 cm³/mol. The van der Waals surface area contributed by atoms with E-state index in [1.807, 2.05) is 9.25 Å². The van der Waals surface area contributed by atoms with E-state index in [9.17, 15) is 9.50 Å². The number of nitrogens with one attached hydrogen (secondary N) is 1. The third-order valence-corrected chi connectivity index (χ3v) is 4.80. The normalized spacial score (nSPS) is 20.9. The molecular formula is C17H22FN4OS+. The van der Waals surface area contributed by atoms with Crippen LogP contribution in [0.15, 0.2) is 36.9 Å². The van der Waals surface area contributed by atoms with Gasteiger partial charge in [-0.2, -0.15) is 4.68 Å². The monoisotopic (exact) mass is 349 g/mol. The van der Waals surface area contributed by atoms with Gasteiger partial charge in [0.05, 0.1) is 19.2 Å². The Morgan fingerprint density at radius 3 is 2.62 bits per heavy atom. The average molecular weight is 349 g/mol. The molecule has 1 aliphatic rings. The number of rotatable bonds is 5. The van der Waals surface area contributed by atoms with Gasteiger partial charge in [0.15, 0.2) is 12.5 Å². The first kappa shape index (κ1) is 17.0. The summed E-state index contributed by atoms with van der Waals surface area (Å²) in [5, 5.41) is 14.3. The zero-order chi connectivity index (χ0) is 17.1. The molecule has 0 bridgehead atoms. The van der Waals surface area contributed by atoms with E-state index in [0.29, 0.717) is 18.0 Å². The summed E-state index contributed by atoms with van der Waals surface area (Å²) < 4.78 is 17.5. The lowest BCUT2D eigenvalue weighted by Crippen LogP contribution is -3.12. The Morgan fingerprint density at radius 2 is 2.00 bits per heavy atom. The summed E-state index contributed by atoms with van der Waals surface area (Å²) in [6, 6.07) is 6.26. The molecule has 1 aromatic carbocycles. The van der Waals surface area contributed by atoms with Gasteiger partial charge in [-0.15, -0.1) is 11.7 Å². The molecule has 3 rings (SSSR count). The van der Waals surface area contributed by atoms with Crippen molar-refractivity contribution in [1.29, 1.82) is 0 Å². The van der Waals surface area contributed by atoms with Crippen LogP contribution in [0.1, 0.15) is 12.8 Å². The summed E-state index contributed by atoms with van der Waals surface area (Å²) in [5.41, 5.74) is 0.826. The maximum Gasteiger partial charge on any atom is 0.203 e. The number of piperidine rings is 1. The molecule has 0 unspecified atom stereocenters. The van der Waals surface area contributed by atoms with Gasteiger partial charge in [0, 0.05) is 24.9 Å². The minimum absolute atomic E-state index is 0.185. The van der Waals surface area contributed by atoms with Crippen LogP contribution in [-0.2, 0) is 13.2 Å². The van der Waals surface area contributed by atoms with Crippen molar-refractivity contribution in [1.82, 2.24) is 14.3 Å². The van der Waals surface area contributed by atoms with E-state index in [1.54, 1.807) is 18.2 Å². The van der Waals surface area contributed by atoms with Crippen molar-refractivity contribution in [3.63, 3.8) is 0 Å². The van der Waals surface area contributed by atoms with E-state index in [-0.39, 0.29) is 11.9 Å². The maximum atomic E-state index is 13.2. The summed E-state index contributed by atoms with van der Waals surface area (Å²) in [7, 11) is 0. The van der Waals surface area contributed by atoms with Crippen molar-refractivity contribution in [3.8, 4) is 11.4 Å². The summed E-state index contributed by atoms with van der Waals surface area (Å²) in [5.74, 6) is 0.444. The molecule has 0 radical (unpaired) electrons. The number of aromatic nitrogens is 3. The van der Waals surface area contributed by atoms with Gasteiger partial charge in [-0.05, 0) is 36.5 Å². The molecule has 1 aromatic heterocycles. The smallest absolute Gasteiger partial charge is 0.203 e. The number of aliphatic hydroxyl groups excluding tert-OH is 1. The van der Waals surface area contributed by atoms with Crippen LogP contribution < -0.4 is 4.90 Å². The largest absolute Gasteiger partial charge is 0.393 e. The summed E-state index contributed by atoms with van der Waals surface area (Å²) in [4.78, 5) is 1.35. The average Bonchev–Trinajstić information content (AvgIpc) is 2.88. The summed E-state index contributed by atoms with van der Waals surface area (Å²) in [6.07, 6.45) is 3.20. The van der Waals surface area contributed by atoms with E-state index >= 15 is 0 Å². The first-order valence-electron chi connectivity index (χ1n) is 8.14. The third-order valence-electron chi connectivity index (χ3n) is 4.37. The first-order chi connectivity index (χ1) is 11.6. The first-order valence-corrected chi connectivity index (χ1v) is 8.55. The Bertz CT molecular complexity index is 760. The van der Waals surface area contributed by atoms with E-state index < -0.39 is 0 Å². The highest BCUT2D eigenvalue weighted by Gasteiger charge is 2.22. The summed E-state index contributed by atoms with van der Waals surface area (Å²) >= 11 is 5.57. The molecule has 2 aromatic rings. The van der Waals surface area contributed by atoms with Crippen LogP contribution in [0.25, 0.3) is 11.4 Å². The number of nitrogens with zero attached hydrogens (tertiary/aromatic N) is 3. The number of aliphatic hydroxyl groups is 1. The standard InChI is InChI=1S/C17H21FN4OS/c1-2-9-21-16(13-3-5-14(18)6-4-13)19-22(17(21)24)12-20-10-7-15(23)8-11-20/h2-6,15,23H,1,7-12H2/p+1. The molecular weight excluding hydrogens is 327 g/mol.